The molecule has 1 aliphatic carbocycles. The summed E-state index contributed by atoms with van der Waals surface area (Å²) in [5.41, 5.74) is 2.77. The Bertz CT molecular complexity index is 396. The van der Waals surface area contributed by atoms with Crippen molar-refractivity contribution in [3.05, 3.63) is 29.3 Å². The number of aryl methyl sites for hydroxylation is 2. The second-order valence-corrected chi connectivity index (χ2v) is 7.42. The highest BCUT2D eigenvalue weighted by atomic mass is 32.2. The van der Waals surface area contributed by atoms with Gasteiger partial charge < -0.3 is 5.32 Å². The van der Waals surface area contributed by atoms with E-state index in [9.17, 15) is 0 Å². The molecule has 0 bridgehead atoms. The molecule has 0 amide bonds. The van der Waals surface area contributed by atoms with Crippen LogP contribution in [0.5, 0.6) is 0 Å². The normalized spacial score (nSPS) is 18.5. The average Bonchev–Trinajstić information content (AvgIpc) is 2.41. The Labute approximate surface area is 122 Å². The fraction of sp³-hybridized carbons (Fsp3) is 0.647. The lowest BCUT2D eigenvalue weighted by Crippen LogP contribution is -2.35. The largest absolute Gasteiger partial charge is 0.313 e. The van der Waals surface area contributed by atoms with Gasteiger partial charge in [-0.1, -0.05) is 43.9 Å². The van der Waals surface area contributed by atoms with Crippen molar-refractivity contribution in [3.63, 3.8) is 0 Å². The molecule has 0 heterocycles. The molecule has 1 atom stereocenters. The number of hydrogen-bond donors (Lipinski definition) is 1. The third kappa shape index (κ3) is 4.85. The molecule has 1 nitrogen and oxygen atoms in total. The van der Waals surface area contributed by atoms with Gasteiger partial charge in [0.05, 0.1) is 0 Å². The summed E-state index contributed by atoms with van der Waals surface area (Å²) in [5.74, 6) is 0. The van der Waals surface area contributed by atoms with E-state index in [-0.39, 0.29) is 0 Å². The van der Waals surface area contributed by atoms with E-state index in [4.69, 9.17) is 0 Å². The summed E-state index contributed by atoms with van der Waals surface area (Å²) in [6.07, 6.45) is 7.01. The van der Waals surface area contributed by atoms with Crippen molar-refractivity contribution < 1.29 is 0 Å². The summed E-state index contributed by atoms with van der Waals surface area (Å²) in [6.45, 7) is 7.84. The molecule has 0 aromatic heterocycles. The minimum atomic E-state index is 0.642. The van der Waals surface area contributed by atoms with Gasteiger partial charge >= 0.3 is 0 Å². The number of nitrogens with one attached hydrogen (secondary N) is 1. The Balaban J connectivity index is 1.78. The van der Waals surface area contributed by atoms with Crippen LogP contribution >= 0.6 is 11.8 Å². The molecular weight excluding hydrogens is 250 g/mol. The highest BCUT2D eigenvalue weighted by molar-refractivity contribution is 8.00. The maximum absolute atomic E-state index is 3.75. The minimum absolute atomic E-state index is 0.642. The molecule has 1 saturated carbocycles. The molecule has 1 aromatic rings. The molecule has 2 heteroatoms. The van der Waals surface area contributed by atoms with Crippen LogP contribution in [-0.4, -0.2) is 17.8 Å². The van der Waals surface area contributed by atoms with E-state index in [1.807, 2.05) is 11.8 Å². The van der Waals surface area contributed by atoms with E-state index >= 15 is 0 Å². The fourth-order valence-electron chi connectivity index (χ4n) is 2.83. The Morgan fingerprint density at radius 2 is 1.95 bits per heavy atom. The van der Waals surface area contributed by atoms with Crippen LogP contribution in [0.2, 0.25) is 0 Å². The minimum Gasteiger partial charge on any atom is -0.313 e. The van der Waals surface area contributed by atoms with Crippen LogP contribution in [0.25, 0.3) is 0 Å². The van der Waals surface area contributed by atoms with Crippen molar-refractivity contribution in [2.75, 3.05) is 6.54 Å². The van der Waals surface area contributed by atoms with Gasteiger partial charge in [0.1, 0.15) is 0 Å². The second-order valence-electron chi connectivity index (χ2n) is 5.94. The first-order valence-corrected chi connectivity index (χ1v) is 8.50. The number of hydrogen-bond acceptors (Lipinski definition) is 2. The zero-order valence-corrected chi connectivity index (χ0v) is 13.4. The molecular formula is C17H27NS. The van der Waals surface area contributed by atoms with E-state index in [0.717, 1.165) is 12.6 Å². The van der Waals surface area contributed by atoms with Gasteiger partial charge in [-0.3, -0.25) is 0 Å². The molecule has 1 aromatic carbocycles. The fourth-order valence-corrected chi connectivity index (χ4v) is 3.83. The summed E-state index contributed by atoms with van der Waals surface area (Å²) in [6, 6.07) is 7.54. The van der Waals surface area contributed by atoms with Crippen LogP contribution in [-0.2, 0) is 0 Å². The number of thioether (sulfide) groups is 1. The smallest absolute Gasteiger partial charge is 0.0191 e. The molecule has 106 valence electrons. The predicted molar refractivity (Wildman–Crippen MR) is 86.1 cm³/mol. The molecule has 0 radical (unpaired) electrons. The molecule has 1 N–H and O–H groups in total. The zero-order valence-electron chi connectivity index (χ0n) is 12.5. The van der Waals surface area contributed by atoms with Gasteiger partial charge in [0.15, 0.2) is 0 Å². The van der Waals surface area contributed by atoms with Crippen molar-refractivity contribution in [3.8, 4) is 0 Å². The molecule has 1 aliphatic rings. The molecule has 1 fully saturated rings. The zero-order chi connectivity index (χ0) is 13.7. The van der Waals surface area contributed by atoms with Gasteiger partial charge in [0, 0.05) is 22.7 Å². The summed E-state index contributed by atoms with van der Waals surface area (Å²) < 4.78 is 0. The van der Waals surface area contributed by atoms with Crippen LogP contribution in [0.1, 0.15) is 50.2 Å². The SMILES string of the molecule is Cc1ccc(SC(C)CNC2CCCCC2)c(C)c1. The van der Waals surface area contributed by atoms with E-state index in [1.54, 1.807) is 0 Å². The highest BCUT2D eigenvalue weighted by Crippen LogP contribution is 2.27. The lowest BCUT2D eigenvalue weighted by Gasteiger charge is -2.24. The topological polar surface area (TPSA) is 12.0 Å². The van der Waals surface area contributed by atoms with E-state index in [0.29, 0.717) is 5.25 Å². The van der Waals surface area contributed by atoms with E-state index in [2.05, 4.69) is 44.3 Å². The molecule has 0 spiro atoms. The second kappa shape index (κ2) is 7.35. The Morgan fingerprint density at radius 1 is 1.21 bits per heavy atom. The van der Waals surface area contributed by atoms with Crippen LogP contribution in [0, 0.1) is 13.8 Å². The van der Waals surface area contributed by atoms with Crippen molar-refractivity contribution in [2.45, 2.75) is 69.1 Å². The summed E-state index contributed by atoms with van der Waals surface area (Å²) >= 11 is 2.00. The van der Waals surface area contributed by atoms with Crippen molar-refractivity contribution in [2.24, 2.45) is 0 Å². The first-order chi connectivity index (χ1) is 9.15. The third-order valence-electron chi connectivity index (χ3n) is 3.96. The third-order valence-corrected chi connectivity index (χ3v) is 5.24. The standard InChI is InChI=1S/C17H27NS/c1-13-9-10-17(14(2)11-13)19-15(3)12-18-16-7-5-4-6-8-16/h9-11,15-16,18H,4-8,12H2,1-3H3. The van der Waals surface area contributed by atoms with Gasteiger partial charge in [-0.2, -0.15) is 0 Å². The van der Waals surface area contributed by atoms with Gasteiger partial charge in [-0.05, 0) is 38.3 Å². The number of benzene rings is 1. The lowest BCUT2D eigenvalue weighted by atomic mass is 9.95. The maximum atomic E-state index is 3.75. The number of rotatable bonds is 5. The maximum Gasteiger partial charge on any atom is 0.0191 e. The van der Waals surface area contributed by atoms with Gasteiger partial charge in [-0.25, -0.2) is 0 Å². The summed E-state index contributed by atoms with van der Waals surface area (Å²) in [4.78, 5) is 1.43. The molecule has 1 unspecified atom stereocenters. The van der Waals surface area contributed by atoms with Crippen molar-refractivity contribution in [1.82, 2.24) is 5.32 Å². The van der Waals surface area contributed by atoms with Gasteiger partial charge in [0.2, 0.25) is 0 Å². The van der Waals surface area contributed by atoms with Crippen LogP contribution in [0.4, 0.5) is 0 Å². The Hall–Kier alpha value is -0.470. The predicted octanol–water partition coefficient (Wildman–Crippen LogP) is 4.71. The molecule has 19 heavy (non-hydrogen) atoms. The summed E-state index contributed by atoms with van der Waals surface area (Å²) in [7, 11) is 0. The highest BCUT2D eigenvalue weighted by Gasteiger charge is 2.14. The van der Waals surface area contributed by atoms with Crippen molar-refractivity contribution in [1.29, 1.82) is 0 Å². The molecule has 0 saturated heterocycles. The van der Waals surface area contributed by atoms with Crippen LogP contribution in [0.3, 0.4) is 0 Å². The summed E-state index contributed by atoms with van der Waals surface area (Å²) in [5, 5.41) is 4.39. The van der Waals surface area contributed by atoms with E-state index < -0.39 is 0 Å². The average molecular weight is 277 g/mol. The first kappa shape index (κ1) is 14.9. The van der Waals surface area contributed by atoms with Gasteiger partial charge in [0.25, 0.3) is 0 Å². The quantitative estimate of drug-likeness (QED) is 0.783. The Kier molecular flexibility index (Phi) is 5.77. The molecule has 0 aliphatic heterocycles. The monoisotopic (exact) mass is 277 g/mol. The van der Waals surface area contributed by atoms with Crippen LogP contribution < -0.4 is 5.32 Å². The van der Waals surface area contributed by atoms with Crippen LogP contribution in [0.15, 0.2) is 23.1 Å². The Morgan fingerprint density at radius 3 is 2.63 bits per heavy atom. The molecule has 2 rings (SSSR count). The van der Waals surface area contributed by atoms with Crippen molar-refractivity contribution >= 4 is 11.8 Å². The lowest BCUT2D eigenvalue weighted by molar-refractivity contribution is 0.375. The van der Waals surface area contributed by atoms with E-state index in [1.165, 1.54) is 48.1 Å². The first-order valence-electron chi connectivity index (χ1n) is 7.62. The van der Waals surface area contributed by atoms with Gasteiger partial charge in [-0.15, -0.1) is 11.8 Å².